The summed E-state index contributed by atoms with van der Waals surface area (Å²) in [6.45, 7) is 9.83. The van der Waals surface area contributed by atoms with Gasteiger partial charge in [0, 0.05) is 37.3 Å². The molecule has 4 nitrogen and oxygen atoms in total. The van der Waals surface area contributed by atoms with Crippen LogP contribution < -0.4 is 0 Å². The van der Waals surface area contributed by atoms with Crippen molar-refractivity contribution in [1.82, 2.24) is 9.80 Å². The zero-order chi connectivity index (χ0) is 20.2. The molecule has 1 heterocycles. The van der Waals surface area contributed by atoms with Gasteiger partial charge in [0.2, 0.25) is 0 Å². The average Bonchev–Trinajstić information content (AvgIpc) is 3.29. The maximum atomic E-state index is 12.0. The molecule has 1 aliphatic rings. The van der Waals surface area contributed by atoms with E-state index in [1.807, 2.05) is 77.7 Å². The first-order chi connectivity index (χ1) is 13.7. The van der Waals surface area contributed by atoms with Gasteiger partial charge in [-0.2, -0.15) is 0 Å². The predicted molar refractivity (Wildman–Crippen MR) is 114 cm³/mol. The Morgan fingerprint density at radius 2 is 1.29 bits per heavy atom. The minimum atomic E-state index is 0.00963. The zero-order valence-corrected chi connectivity index (χ0v) is 16.0. The second kappa shape index (κ2) is 11.3. The highest BCUT2D eigenvalue weighted by Crippen LogP contribution is 2.07. The fourth-order valence-corrected chi connectivity index (χ4v) is 2.72. The van der Waals surface area contributed by atoms with Crippen LogP contribution in [0.2, 0.25) is 0 Å². The summed E-state index contributed by atoms with van der Waals surface area (Å²) < 4.78 is 0. The van der Waals surface area contributed by atoms with E-state index in [2.05, 4.69) is 13.2 Å². The lowest BCUT2D eigenvalue weighted by atomic mass is 10.2. The van der Waals surface area contributed by atoms with E-state index in [0.717, 1.165) is 18.7 Å². The SMILES string of the molecule is C=CCN(CC=C)C(=O)c1ccccc1.O=C(c1ccccc1)N1CC=CC1. The molecule has 0 spiro atoms. The molecule has 0 unspecified atom stereocenters. The fourth-order valence-electron chi connectivity index (χ4n) is 2.72. The van der Waals surface area contributed by atoms with Crippen LogP contribution in [0, 0.1) is 0 Å². The van der Waals surface area contributed by atoms with Crippen LogP contribution in [0.15, 0.2) is 98.1 Å². The summed E-state index contributed by atoms with van der Waals surface area (Å²) in [5, 5.41) is 0. The Labute approximate surface area is 167 Å². The number of carbonyl (C=O) groups excluding carboxylic acids is 2. The molecular weight excluding hydrogens is 348 g/mol. The van der Waals surface area contributed by atoms with Gasteiger partial charge in [-0.25, -0.2) is 0 Å². The van der Waals surface area contributed by atoms with Gasteiger partial charge in [0.25, 0.3) is 11.8 Å². The van der Waals surface area contributed by atoms with Crippen LogP contribution in [0.3, 0.4) is 0 Å². The number of nitrogens with zero attached hydrogens (tertiary/aromatic N) is 2. The molecule has 2 amide bonds. The molecule has 0 aromatic heterocycles. The van der Waals surface area contributed by atoms with Gasteiger partial charge >= 0.3 is 0 Å². The third-order valence-corrected chi connectivity index (χ3v) is 4.13. The van der Waals surface area contributed by atoms with Crippen molar-refractivity contribution in [3.8, 4) is 0 Å². The van der Waals surface area contributed by atoms with E-state index in [1.54, 1.807) is 17.1 Å². The van der Waals surface area contributed by atoms with Gasteiger partial charge in [-0.05, 0) is 24.3 Å². The van der Waals surface area contributed by atoms with E-state index in [-0.39, 0.29) is 11.8 Å². The molecule has 0 radical (unpaired) electrons. The lowest BCUT2D eigenvalue weighted by Crippen LogP contribution is -2.31. The van der Waals surface area contributed by atoms with E-state index >= 15 is 0 Å². The number of benzene rings is 2. The Morgan fingerprint density at radius 3 is 1.75 bits per heavy atom. The van der Waals surface area contributed by atoms with Crippen molar-refractivity contribution >= 4 is 11.8 Å². The standard InChI is InChI=1S/C13H15NO.C11H11NO/c1-3-10-14(11-4-2)13(15)12-8-6-5-7-9-12;13-11(12-8-4-5-9-12)10-6-2-1-3-7-10/h3-9H,1-2,10-11H2;1-7H,8-9H2. The molecule has 0 saturated heterocycles. The van der Waals surface area contributed by atoms with Crippen LogP contribution in [0.1, 0.15) is 20.7 Å². The second-order valence-corrected chi connectivity index (χ2v) is 6.20. The highest BCUT2D eigenvalue weighted by atomic mass is 16.2. The van der Waals surface area contributed by atoms with Crippen molar-refractivity contribution in [1.29, 1.82) is 0 Å². The smallest absolute Gasteiger partial charge is 0.254 e. The molecule has 0 N–H and O–H groups in total. The molecule has 0 saturated carbocycles. The number of rotatable bonds is 6. The lowest BCUT2D eigenvalue weighted by molar-refractivity contribution is 0.0786. The Morgan fingerprint density at radius 1 is 0.821 bits per heavy atom. The third kappa shape index (κ3) is 6.09. The number of hydrogen-bond acceptors (Lipinski definition) is 2. The van der Waals surface area contributed by atoms with Crippen molar-refractivity contribution in [3.05, 3.63) is 109 Å². The van der Waals surface area contributed by atoms with Crippen LogP contribution in [0.5, 0.6) is 0 Å². The Balaban J connectivity index is 0.000000202. The van der Waals surface area contributed by atoms with Gasteiger partial charge in [0.15, 0.2) is 0 Å². The number of carbonyl (C=O) groups is 2. The molecule has 0 aliphatic carbocycles. The van der Waals surface area contributed by atoms with Crippen molar-refractivity contribution in [2.24, 2.45) is 0 Å². The van der Waals surface area contributed by atoms with E-state index in [1.165, 1.54) is 0 Å². The largest absolute Gasteiger partial charge is 0.331 e. The topological polar surface area (TPSA) is 40.6 Å². The third-order valence-electron chi connectivity index (χ3n) is 4.13. The highest BCUT2D eigenvalue weighted by Gasteiger charge is 2.15. The van der Waals surface area contributed by atoms with Gasteiger partial charge < -0.3 is 9.80 Å². The summed E-state index contributed by atoms with van der Waals surface area (Å²) >= 11 is 0. The number of hydrogen-bond donors (Lipinski definition) is 0. The Kier molecular flexibility index (Phi) is 8.47. The molecule has 0 bridgehead atoms. The molecule has 144 valence electrons. The van der Waals surface area contributed by atoms with Gasteiger partial charge in [-0.3, -0.25) is 9.59 Å². The minimum Gasteiger partial charge on any atom is -0.331 e. The van der Waals surface area contributed by atoms with E-state index in [9.17, 15) is 9.59 Å². The van der Waals surface area contributed by atoms with Gasteiger partial charge in [-0.15, -0.1) is 13.2 Å². The van der Waals surface area contributed by atoms with Crippen molar-refractivity contribution in [3.63, 3.8) is 0 Å². The van der Waals surface area contributed by atoms with Gasteiger partial charge in [0.05, 0.1) is 0 Å². The zero-order valence-electron chi connectivity index (χ0n) is 16.0. The maximum absolute atomic E-state index is 12.0. The van der Waals surface area contributed by atoms with Gasteiger partial charge in [0.1, 0.15) is 0 Å². The summed E-state index contributed by atoms with van der Waals surface area (Å²) in [6.07, 6.45) is 7.45. The van der Waals surface area contributed by atoms with Crippen LogP contribution in [0.25, 0.3) is 0 Å². The second-order valence-electron chi connectivity index (χ2n) is 6.20. The van der Waals surface area contributed by atoms with Crippen molar-refractivity contribution < 1.29 is 9.59 Å². The average molecular weight is 374 g/mol. The van der Waals surface area contributed by atoms with Gasteiger partial charge in [-0.1, -0.05) is 60.7 Å². The molecule has 4 heteroatoms. The first-order valence-electron chi connectivity index (χ1n) is 9.22. The van der Waals surface area contributed by atoms with E-state index in [4.69, 9.17) is 0 Å². The Bertz CT molecular complexity index is 795. The molecule has 3 rings (SSSR count). The maximum Gasteiger partial charge on any atom is 0.254 e. The van der Waals surface area contributed by atoms with E-state index in [0.29, 0.717) is 18.7 Å². The van der Waals surface area contributed by atoms with Crippen LogP contribution in [-0.2, 0) is 0 Å². The summed E-state index contributed by atoms with van der Waals surface area (Å²) in [4.78, 5) is 27.2. The van der Waals surface area contributed by atoms with Crippen LogP contribution in [-0.4, -0.2) is 47.8 Å². The quantitative estimate of drug-likeness (QED) is 0.711. The van der Waals surface area contributed by atoms with Crippen molar-refractivity contribution in [2.75, 3.05) is 26.2 Å². The van der Waals surface area contributed by atoms with E-state index < -0.39 is 0 Å². The van der Waals surface area contributed by atoms with Crippen LogP contribution in [0.4, 0.5) is 0 Å². The molecule has 0 atom stereocenters. The summed E-state index contributed by atoms with van der Waals surface area (Å²) in [5.74, 6) is 0.126. The minimum absolute atomic E-state index is 0.00963. The first kappa shape index (κ1) is 20.9. The summed E-state index contributed by atoms with van der Waals surface area (Å²) in [6, 6.07) is 18.6. The molecule has 2 aromatic carbocycles. The fraction of sp³-hybridized carbons (Fsp3) is 0.167. The predicted octanol–water partition coefficient (Wildman–Crippen LogP) is 4.20. The van der Waals surface area contributed by atoms with Crippen molar-refractivity contribution in [2.45, 2.75) is 0 Å². The molecule has 2 aromatic rings. The summed E-state index contributed by atoms with van der Waals surface area (Å²) in [7, 11) is 0. The highest BCUT2D eigenvalue weighted by molar-refractivity contribution is 5.95. The lowest BCUT2D eigenvalue weighted by Gasteiger charge is -2.19. The summed E-state index contributed by atoms with van der Waals surface area (Å²) in [5.41, 5.74) is 1.47. The Hall–Kier alpha value is -3.40. The molecular formula is C24H26N2O2. The number of amides is 2. The molecule has 0 fully saturated rings. The monoisotopic (exact) mass is 374 g/mol. The van der Waals surface area contributed by atoms with Crippen LogP contribution >= 0.6 is 0 Å². The first-order valence-corrected chi connectivity index (χ1v) is 9.22. The molecule has 1 aliphatic heterocycles. The normalized spacial score (nSPS) is 11.9. The molecule has 28 heavy (non-hydrogen) atoms.